The van der Waals surface area contributed by atoms with Gasteiger partial charge in [-0.2, -0.15) is 0 Å². The highest BCUT2D eigenvalue weighted by Gasteiger charge is 2.43. The molecule has 0 spiro atoms. The predicted octanol–water partition coefficient (Wildman–Crippen LogP) is -0.717. The lowest BCUT2D eigenvalue weighted by atomic mass is 10.0. The highest BCUT2D eigenvalue weighted by Crippen LogP contribution is 2.33. The largest absolute Gasteiger partial charge is 0.481 e. The molecular formula is C13H17N5O5. The van der Waals surface area contributed by atoms with Crippen LogP contribution in [0.25, 0.3) is 11.2 Å². The van der Waals surface area contributed by atoms with Gasteiger partial charge in [-0.25, -0.2) is 15.0 Å². The van der Waals surface area contributed by atoms with Crippen molar-refractivity contribution in [3.8, 4) is 0 Å². The number of anilines is 1. The molecule has 0 unspecified atom stereocenters. The maximum Gasteiger partial charge on any atom is 0.303 e. The molecule has 10 heteroatoms. The smallest absolute Gasteiger partial charge is 0.303 e. The van der Waals surface area contributed by atoms with Gasteiger partial charge in [0.2, 0.25) is 0 Å². The van der Waals surface area contributed by atoms with Crippen molar-refractivity contribution in [2.24, 2.45) is 0 Å². The van der Waals surface area contributed by atoms with Crippen LogP contribution in [0.1, 0.15) is 25.5 Å². The monoisotopic (exact) mass is 323 g/mol. The summed E-state index contributed by atoms with van der Waals surface area (Å²) in [7, 11) is 0. The lowest BCUT2D eigenvalue weighted by Crippen LogP contribution is -2.31. The van der Waals surface area contributed by atoms with E-state index >= 15 is 0 Å². The van der Waals surface area contributed by atoms with Crippen molar-refractivity contribution in [3.63, 3.8) is 0 Å². The molecule has 1 aliphatic rings. The zero-order valence-electron chi connectivity index (χ0n) is 12.1. The summed E-state index contributed by atoms with van der Waals surface area (Å²) < 4.78 is 7.17. The maximum absolute atomic E-state index is 10.6. The van der Waals surface area contributed by atoms with E-state index in [2.05, 4.69) is 15.0 Å². The third kappa shape index (κ3) is 2.83. The number of hydrogen-bond acceptors (Lipinski definition) is 8. The van der Waals surface area contributed by atoms with Crippen LogP contribution < -0.4 is 5.73 Å². The normalized spacial score (nSPS) is 27.6. The number of carbonyl (C=O) groups is 1. The molecule has 0 aliphatic carbocycles. The molecule has 0 saturated carbocycles. The van der Waals surface area contributed by atoms with Gasteiger partial charge in [-0.1, -0.05) is 0 Å². The van der Waals surface area contributed by atoms with Gasteiger partial charge in [0.05, 0.1) is 12.4 Å². The molecule has 3 rings (SSSR count). The van der Waals surface area contributed by atoms with Gasteiger partial charge in [-0.15, -0.1) is 0 Å². The van der Waals surface area contributed by atoms with Gasteiger partial charge in [0.1, 0.15) is 24.1 Å². The average molecular weight is 323 g/mol. The number of aliphatic hydroxyl groups is 2. The van der Waals surface area contributed by atoms with Crippen LogP contribution in [0.2, 0.25) is 0 Å². The predicted molar refractivity (Wildman–Crippen MR) is 77.1 cm³/mol. The maximum atomic E-state index is 10.6. The second-order valence-corrected chi connectivity index (χ2v) is 5.42. The summed E-state index contributed by atoms with van der Waals surface area (Å²) in [5.41, 5.74) is 6.49. The molecule has 2 aromatic rings. The van der Waals surface area contributed by atoms with Gasteiger partial charge in [-0.3, -0.25) is 9.36 Å². The molecule has 5 N–H and O–H groups in total. The van der Waals surface area contributed by atoms with E-state index in [1.165, 1.54) is 17.2 Å². The Kier molecular flexibility index (Phi) is 4.11. The quantitative estimate of drug-likeness (QED) is 0.557. The Morgan fingerprint density at radius 2 is 2.09 bits per heavy atom. The molecule has 1 saturated heterocycles. The number of carboxylic acids is 1. The second-order valence-electron chi connectivity index (χ2n) is 5.42. The molecule has 2 aromatic heterocycles. The zero-order valence-corrected chi connectivity index (χ0v) is 12.1. The minimum Gasteiger partial charge on any atom is -0.481 e. The van der Waals surface area contributed by atoms with Crippen LogP contribution in [0.5, 0.6) is 0 Å². The fourth-order valence-corrected chi connectivity index (χ4v) is 2.71. The van der Waals surface area contributed by atoms with Gasteiger partial charge in [0.25, 0.3) is 0 Å². The Labute approximate surface area is 130 Å². The lowest BCUT2D eigenvalue weighted by Gasteiger charge is -2.16. The number of rotatable bonds is 5. The SMILES string of the molecule is Nc1ncnc2c1ncn2[C@@H]1O[C@H](CCCC(=O)O)[C@@H](O)[C@H]1O. The molecule has 4 atom stereocenters. The van der Waals surface area contributed by atoms with Crippen molar-refractivity contribution in [1.29, 1.82) is 0 Å². The molecule has 3 heterocycles. The summed E-state index contributed by atoms with van der Waals surface area (Å²) in [6.45, 7) is 0. The van der Waals surface area contributed by atoms with E-state index in [9.17, 15) is 15.0 Å². The molecule has 124 valence electrons. The Bertz CT molecular complexity index is 720. The second kappa shape index (κ2) is 6.07. The number of fused-ring (bicyclic) bond motifs is 1. The number of imidazole rings is 1. The van der Waals surface area contributed by atoms with Crippen molar-refractivity contribution in [3.05, 3.63) is 12.7 Å². The van der Waals surface area contributed by atoms with Gasteiger partial charge in [0, 0.05) is 6.42 Å². The van der Waals surface area contributed by atoms with E-state index in [-0.39, 0.29) is 12.2 Å². The minimum absolute atomic E-state index is 0.0227. The third-order valence-electron chi connectivity index (χ3n) is 3.88. The van der Waals surface area contributed by atoms with Gasteiger partial charge in [-0.05, 0) is 12.8 Å². The molecule has 1 aliphatic heterocycles. The molecule has 23 heavy (non-hydrogen) atoms. The number of aliphatic hydroxyl groups excluding tert-OH is 2. The highest BCUT2D eigenvalue weighted by molar-refractivity contribution is 5.81. The first kappa shape index (κ1) is 15.6. The van der Waals surface area contributed by atoms with E-state index < -0.39 is 30.5 Å². The molecule has 10 nitrogen and oxygen atoms in total. The molecule has 0 radical (unpaired) electrons. The van der Waals surface area contributed by atoms with Crippen LogP contribution in [0.3, 0.4) is 0 Å². The first-order valence-corrected chi connectivity index (χ1v) is 7.15. The van der Waals surface area contributed by atoms with E-state index in [1.54, 1.807) is 0 Å². The van der Waals surface area contributed by atoms with Crippen molar-refractivity contribution < 1.29 is 24.9 Å². The summed E-state index contributed by atoms with van der Waals surface area (Å²) in [6.07, 6.45) is -0.506. The Balaban J connectivity index is 1.80. The van der Waals surface area contributed by atoms with Crippen LogP contribution >= 0.6 is 0 Å². The molecule has 0 amide bonds. The molecule has 1 fully saturated rings. The average Bonchev–Trinajstić information content (AvgIpc) is 3.04. The van der Waals surface area contributed by atoms with Crippen LogP contribution in [-0.2, 0) is 9.53 Å². The topological polar surface area (TPSA) is 157 Å². The number of carboxylic acid groups (broad SMARTS) is 1. The number of aromatic nitrogens is 4. The van der Waals surface area contributed by atoms with Crippen molar-refractivity contribution in [2.75, 3.05) is 5.73 Å². The summed E-state index contributed by atoms with van der Waals surface area (Å²) >= 11 is 0. The highest BCUT2D eigenvalue weighted by atomic mass is 16.6. The summed E-state index contributed by atoms with van der Waals surface area (Å²) in [5.74, 6) is -0.706. The summed E-state index contributed by atoms with van der Waals surface area (Å²) in [6, 6.07) is 0. The number of hydrogen-bond donors (Lipinski definition) is 4. The van der Waals surface area contributed by atoms with Crippen molar-refractivity contribution in [2.45, 2.75) is 43.8 Å². The van der Waals surface area contributed by atoms with Gasteiger partial charge in [0.15, 0.2) is 17.7 Å². The summed E-state index contributed by atoms with van der Waals surface area (Å²) in [4.78, 5) is 22.6. The lowest BCUT2D eigenvalue weighted by molar-refractivity contribution is -0.137. The van der Waals surface area contributed by atoms with Crippen LogP contribution in [0.4, 0.5) is 5.82 Å². The first-order valence-electron chi connectivity index (χ1n) is 7.15. The Morgan fingerprint density at radius 1 is 1.30 bits per heavy atom. The van der Waals surface area contributed by atoms with Crippen LogP contribution in [-0.4, -0.2) is 59.1 Å². The van der Waals surface area contributed by atoms with E-state index in [4.69, 9.17) is 15.6 Å². The number of nitrogen functional groups attached to an aromatic ring is 1. The van der Waals surface area contributed by atoms with Crippen molar-refractivity contribution >= 4 is 23.0 Å². The number of nitrogens with zero attached hydrogens (tertiary/aromatic N) is 4. The van der Waals surface area contributed by atoms with Crippen LogP contribution in [0.15, 0.2) is 12.7 Å². The zero-order chi connectivity index (χ0) is 16.6. The van der Waals surface area contributed by atoms with Gasteiger partial charge < -0.3 is 25.8 Å². The number of nitrogens with two attached hydrogens (primary N) is 1. The van der Waals surface area contributed by atoms with Crippen molar-refractivity contribution in [1.82, 2.24) is 19.5 Å². The molecule has 0 bridgehead atoms. The number of ether oxygens (including phenoxy) is 1. The molecule has 0 aromatic carbocycles. The van der Waals surface area contributed by atoms with Crippen LogP contribution in [0, 0.1) is 0 Å². The molecular weight excluding hydrogens is 306 g/mol. The standard InChI is InChI=1S/C13H17N5O5/c14-11-8-12(16-4-15-11)18(5-17-8)13-10(22)9(21)6(23-13)2-1-3-7(19)20/h4-6,9-10,13,21-22H,1-3H2,(H,19,20)(H2,14,15,16)/t6-,9-,10-,13-/m1/s1. The minimum atomic E-state index is -1.18. The Hall–Kier alpha value is -2.30. The van der Waals surface area contributed by atoms with Gasteiger partial charge >= 0.3 is 5.97 Å². The van der Waals surface area contributed by atoms with E-state index in [0.717, 1.165) is 0 Å². The Morgan fingerprint density at radius 3 is 2.83 bits per heavy atom. The fourth-order valence-electron chi connectivity index (χ4n) is 2.71. The fraction of sp³-hybridized carbons (Fsp3) is 0.538. The first-order chi connectivity index (χ1) is 11.0. The third-order valence-corrected chi connectivity index (χ3v) is 3.88. The van der Waals surface area contributed by atoms with E-state index in [1.807, 2.05) is 0 Å². The number of aliphatic carboxylic acids is 1. The van der Waals surface area contributed by atoms with E-state index in [0.29, 0.717) is 24.0 Å². The summed E-state index contributed by atoms with van der Waals surface area (Å²) in [5, 5.41) is 29.0.